The largest absolute Gasteiger partial charge is 0.387 e. The van der Waals surface area contributed by atoms with Gasteiger partial charge in [0.1, 0.15) is 5.82 Å². The van der Waals surface area contributed by atoms with Gasteiger partial charge in [0.05, 0.1) is 11.6 Å². The second kappa shape index (κ2) is 5.54. The molecule has 0 bridgehead atoms. The lowest BCUT2D eigenvalue weighted by atomic mass is 9.65. The summed E-state index contributed by atoms with van der Waals surface area (Å²) in [7, 11) is 0. The maximum atomic E-state index is 11.2. The summed E-state index contributed by atoms with van der Waals surface area (Å²) >= 11 is 0. The molecule has 3 unspecified atom stereocenters. The quantitative estimate of drug-likeness (QED) is 0.876. The normalized spacial score (nSPS) is 31.7. The van der Waals surface area contributed by atoms with Crippen molar-refractivity contribution < 1.29 is 5.11 Å². The second-order valence-electron chi connectivity index (χ2n) is 6.98. The summed E-state index contributed by atoms with van der Waals surface area (Å²) in [5.74, 6) is 1.36. The Morgan fingerprint density at radius 3 is 2.77 bits per heavy atom. The van der Waals surface area contributed by atoms with Gasteiger partial charge in [-0.2, -0.15) is 0 Å². The summed E-state index contributed by atoms with van der Waals surface area (Å²) in [6, 6.07) is 10.5. The Kier molecular flexibility index (Phi) is 3.53. The van der Waals surface area contributed by atoms with Gasteiger partial charge in [-0.25, -0.2) is 4.98 Å². The third kappa shape index (κ3) is 2.38. The summed E-state index contributed by atoms with van der Waals surface area (Å²) in [6.45, 7) is 0. The number of hydrogen-bond acceptors (Lipinski definition) is 3. The van der Waals surface area contributed by atoms with Crippen molar-refractivity contribution in [3.8, 4) is 0 Å². The van der Waals surface area contributed by atoms with Crippen LogP contribution in [0.15, 0.2) is 36.5 Å². The van der Waals surface area contributed by atoms with E-state index in [2.05, 4.69) is 34.6 Å². The van der Waals surface area contributed by atoms with E-state index in [1.165, 1.54) is 31.1 Å². The Morgan fingerprint density at radius 2 is 1.86 bits per heavy atom. The van der Waals surface area contributed by atoms with E-state index in [9.17, 15) is 5.11 Å². The van der Waals surface area contributed by atoms with E-state index in [0.717, 1.165) is 30.5 Å². The molecule has 0 saturated heterocycles. The lowest BCUT2D eigenvalue weighted by molar-refractivity contribution is -0.0836. The fraction of sp³-hybridized carbons (Fsp3) is 0.526. The number of aromatic nitrogens is 1. The van der Waals surface area contributed by atoms with Crippen LogP contribution in [0.2, 0.25) is 0 Å². The maximum absolute atomic E-state index is 11.2. The zero-order chi connectivity index (χ0) is 15.0. The van der Waals surface area contributed by atoms with Crippen LogP contribution in [0.3, 0.4) is 0 Å². The van der Waals surface area contributed by atoms with Gasteiger partial charge in [0.25, 0.3) is 0 Å². The Labute approximate surface area is 131 Å². The van der Waals surface area contributed by atoms with Crippen LogP contribution in [0, 0.1) is 5.92 Å². The molecule has 2 N–H and O–H groups in total. The van der Waals surface area contributed by atoms with Gasteiger partial charge >= 0.3 is 0 Å². The molecule has 0 aliphatic heterocycles. The minimum atomic E-state index is -0.538. The highest BCUT2D eigenvalue weighted by atomic mass is 16.3. The van der Waals surface area contributed by atoms with Crippen LogP contribution in [-0.4, -0.2) is 21.7 Å². The number of anilines is 1. The molecular weight excluding hydrogens is 272 g/mol. The summed E-state index contributed by atoms with van der Waals surface area (Å²) in [6.07, 6.45) is 9.88. The van der Waals surface area contributed by atoms with E-state index in [-0.39, 0.29) is 6.04 Å². The molecule has 2 aromatic rings. The number of nitrogens with one attached hydrogen (secondary N) is 1. The topological polar surface area (TPSA) is 45.1 Å². The van der Waals surface area contributed by atoms with Gasteiger partial charge < -0.3 is 10.4 Å². The molecule has 4 rings (SSSR count). The molecule has 2 aliphatic carbocycles. The van der Waals surface area contributed by atoms with E-state index in [1.807, 2.05) is 12.3 Å². The first-order valence-corrected chi connectivity index (χ1v) is 8.59. The van der Waals surface area contributed by atoms with Crippen molar-refractivity contribution in [2.45, 2.75) is 56.6 Å². The van der Waals surface area contributed by atoms with Crippen molar-refractivity contribution in [1.82, 2.24) is 4.98 Å². The van der Waals surface area contributed by atoms with Gasteiger partial charge in [-0.15, -0.1) is 0 Å². The molecule has 0 radical (unpaired) electrons. The first kappa shape index (κ1) is 14.0. The second-order valence-corrected chi connectivity index (χ2v) is 6.98. The van der Waals surface area contributed by atoms with Crippen LogP contribution in [0.1, 0.15) is 44.9 Å². The zero-order valence-corrected chi connectivity index (χ0v) is 13.0. The summed E-state index contributed by atoms with van der Waals surface area (Å²) in [5.41, 5.74) is -0.538. The standard InChI is InChI=1S/C19H24N2O/c22-19-11-4-3-8-16(19)9-5-10-17(19)21-18-12-14-6-1-2-7-15(14)13-20-18/h1-2,6-7,12-13,16-17,22H,3-5,8-11H2,(H,20,21). The molecule has 2 fully saturated rings. The van der Waals surface area contributed by atoms with Gasteiger partial charge in [0.2, 0.25) is 0 Å². The van der Waals surface area contributed by atoms with Gasteiger partial charge in [-0.1, -0.05) is 43.5 Å². The highest BCUT2D eigenvalue weighted by Gasteiger charge is 2.47. The third-order valence-electron chi connectivity index (χ3n) is 5.69. The van der Waals surface area contributed by atoms with E-state index >= 15 is 0 Å². The van der Waals surface area contributed by atoms with E-state index in [1.54, 1.807) is 0 Å². The molecule has 1 aromatic heterocycles. The minimum Gasteiger partial charge on any atom is -0.387 e. The minimum absolute atomic E-state index is 0.139. The average Bonchev–Trinajstić information content (AvgIpc) is 2.55. The molecule has 0 amide bonds. The van der Waals surface area contributed by atoms with Gasteiger partial charge in [0.15, 0.2) is 0 Å². The molecular formula is C19H24N2O. The number of benzene rings is 1. The van der Waals surface area contributed by atoms with Crippen molar-refractivity contribution in [3.63, 3.8) is 0 Å². The van der Waals surface area contributed by atoms with Gasteiger partial charge in [0, 0.05) is 11.6 Å². The molecule has 2 aliphatic rings. The Bertz CT molecular complexity index is 669. The van der Waals surface area contributed by atoms with Crippen LogP contribution in [-0.2, 0) is 0 Å². The van der Waals surface area contributed by atoms with Crippen LogP contribution >= 0.6 is 0 Å². The SMILES string of the molecule is OC12CCCCC1CCCC2Nc1cc2ccccc2cn1. The number of hydrogen-bond donors (Lipinski definition) is 2. The zero-order valence-electron chi connectivity index (χ0n) is 13.0. The van der Waals surface area contributed by atoms with Gasteiger partial charge in [-0.05, 0) is 43.1 Å². The lowest BCUT2D eigenvalue weighted by Crippen LogP contribution is -2.56. The highest BCUT2D eigenvalue weighted by molar-refractivity contribution is 5.83. The fourth-order valence-corrected chi connectivity index (χ4v) is 4.46. The predicted molar refractivity (Wildman–Crippen MR) is 89.9 cm³/mol. The fourth-order valence-electron chi connectivity index (χ4n) is 4.46. The summed E-state index contributed by atoms with van der Waals surface area (Å²) in [4.78, 5) is 4.55. The molecule has 116 valence electrons. The number of pyridine rings is 1. The van der Waals surface area contributed by atoms with E-state index in [0.29, 0.717) is 5.92 Å². The van der Waals surface area contributed by atoms with Crippen molar-refractivity contribution in [3.05, 3.63) is 36.5 Å². The summed E-state index contributed by atoms with van der Waals surface area (Å²) < 4.78 is 0. The van der Waals surface area contributed by atoms with Crippen molar-refractivity contribution in [2.75, 3.05) is 5.32 Å². The maximum Gasteiger partial charge on any atom is 0.126 e. The molecule has 2 saturated carbocycles. The van der Waals surface area contributed by atoms with Crippen LogP contribution < -0.4 is 5.32 Å². The van der Waals surface area contributed by atoms with Crippen molar-refractivity contribution in [2.24, 2.45) is 5.92 Å². The third-order valence-corrected chi connectivity index (χ3v) is 5.69. The molecule has 1 aromatic carbocycles. The van der Waals surface area contributed by atoms with Crippen LogP contribution in [0.4, 0.5) is 5.82 Å². The molecule has 0 spiro atoms. The van der Waals surface area contributed by atoms with Gasteiger partial charge in [-0.3, -0.25) is 0 Å². The first-order chi connectivity index (χ1) is 10.8. The lowest BCUT2D eigenvalue weighted by Gasteiger charge is -2.49. The molecule has 3 nitrogen and oxygen atoms in total. The molecule has 22 heavy (non-hydrogen) atoms. The Hall–Kier alpha value is -1.61. The Morgan fingerprint density at radius 1 is 1.05 bits per heavy atom. The number of aliphatic hydroxyl groups is 1. The Balaban J connectivity index is 1.60. The number of fused-ring (bicyclic) bond motifs is 2. The molecule has 1 heterocycles. The van der Waals surface area contributed by atoms with Crippen molar-refractivity contribution >= 4 is 16.6 Å². The monoisotopic (exact) mass is 296 g/mol. The smallest absolute Gasteiger partial charge is 0.126 e. The number of nitrogens with zero attached hydrogens (tertiary/aromatic N) is 1. The van der Waals surface area contributed by atoms with Crippen LogP contribution in [0.5, 0.6) is 0 Å². The molecule has 3 heteroatoms. The highest BCUT2D eigenvalue weighted by Crippen LogP contribution is 2.44. The van der Waals surface area contributed by atoms with Crippen molar-refractivity contribution in [1.29, 1.82) is 0 Å². The summed E-state index contributed by atoms with van der Waals surface area (Å²) in [5, 5.41) is 17.1. The van der Waals surface area contributed by atoms with E-state index < -0.39 is 5.60 Å². The average molecular weight is 296 g/mol. The predicted octanol–water partition coefficient (Wildman–Crippen LogP) is 4.12. The van der Waals surface area contributed by atoms with E-state index in [4.69, 9.17) is 0 Å². The molecule has 3 atom stereocenters. The van der Waals surface area contributed by atoms with Crippen LogP contribution in [0.25, 0.3) is 10.8 Å². The number of rotatable bonds is 2. The first-order valence-electron chi connectivity index (χ1n) is 8.59.